The summed E-state index contributed by atoms with van der Waals surface area (Å²) in [6, 6.07) is 5.66. The van der Waals surface area contributed by atoms with Gasteiger partial charge in [0.25, 0.3) is 0 Å². The molecule has 1 amide bonds. The monoisotopic (exact) mass is 352 g/mol. The van der Waals surface area contributed by atoms with Crippen molar-refractivity contribution in [3.8, 4) is 11.8 Å². The van der Waals surface area contributed by atoms with Gasteiger partial charge in [-0.2, -0.15) is 5.26 Å². The van der Waals surface area contributed by atoms with Crippen molar-refractivity contribution in [1.29, 1.82) is 5.26 Å². The molecule has 3 fully saturated rings. The van der Waals surface area contributed by atoms with Crippen LogP contribution < -0.4 is 10.1 Å². The van der Waals surface area contributed by atoms with Gasteiger partial charge in [-0.15, -0.1) is 0 Å². The van der Waals surface area contributed by atoms with E-state index in [4.69, 9.17) is 4.74 Å². The van der Waals surface area contributed by atoms with Gasteiger partial charge < -0.3 is 9.30 Å². The molecule has 0 unspecified atom stereocenters. The summed E-state index contributed by atoms with van der Waals surface area (Å²) in [5.74, 6) is 1.86. The SMILES string of the molecule is COc1cc(C#N)cc2c1nc(NC(=O)C13CCC(C1)C3)n2C(C)(C)C. The molecule has 26 heavy (non-hydrogen) atoms. The fraction of sp³-hybridized carbons (Fsp3) is 0.550. The van der Waals surface area contributed by atoms with Crippen molar-refractivity contribution in [3.05, 3.63) is 17.7 Å². The zero-order valence-electron chi connectivity index (χ0n) is 15.7. The standard InChI is InChI=1S/C20H24N4O2/c1-19(2,3)24-14-7-13(11-21)8-15(26-4)16(14)22-18(24)23-17(25)20-6-5-12(9-20)10-20/h7-8,12H,5-6,9-10H2,1-4H3,(H,22,23,25). The van der Waals surface area contributed by atoms with Gasteiger partial charge in [-0.25, -0.2) is 4.98 Å². The molecule has 0 radical (unpaired) electrons. The Morgan fingerprint density at radius 3 is 2.69 bits per heavy atom. The smallest absolute Gasteiger partial charge is 0.232 e. The normalized spacial score (nSPS) is 24.2. The minimum Gasteiger partial charge on any atom is -0.494 e. The maximum absolute atomic E-state index is 13.0. The molecule has 1 N–H and O–H groups in total. The van der Waals surface area contributed by atoms with Gasteiger partial charge in [0, 0.05) is 11.6 Å². The van der Waals surface area contributed by atoms with E-state index < -0.39 is 0 Å². The van der Waals surface area contributed by atoms with Crippen molar-refractivity contribution in [2.75, 3.05) is 12.4 Å². The summed E-state index contributed by atoms with van der Waals surface area (Å²) in [4.78, 5) is 17.6. The molecule has 5 rings (SSSR count). The highest BCUT2D eigenvalue weighted by Gasteiger charge is 2.55. The first-order valence-corrected chi connectivity index (χ1v) is 9.10. The van der Waals surface area contributed by atoms with Crippen molar-refractivity contribution in [2.24, 2.45) is 11.3 Å². The topological polar surface area (TPSA) is 79.9 Å². The van der Waals surface area contributed by atoms with Crippen molar-refractivity contribution in [3.63, 3.8) is 0 Å². The first-order valence-electron chi connectivity index (χ1n) is 9.10. The van der Waals surface area contributed by atoms with Crippen LogP contribution in [-0.2, 0) is 10.3 Å². The Bertz CT molecular complexity index is 934. The molecule has 2 bridgehead atoms. The number of nitrogens with one attached hydrogen (secondary N) is 1. The molecule has 2 aromatic rings. The third kappa shape index (κ3) is 2.38. The van der Waals surface area contributed by atoms with Crippen molar-refractivity contribution >= 4 is 22.9 Å². The number of fused-ring (bicyclic) bond motifs is 2. The molecule has 1 aromatic heterocycles. The molecule has 6 nitrogen and oxygen atoms in total. The molecular formula is C20H24N4O2. The molecular weight excluding hydrogens is 328 g/mol. The van der Waals surface area contributed by atoms with E-state index in [1.165, 1.54) is 0 Å². The van der Waals surface area contributed by atoms with Crippen LogP contribution in [0.5, 0.6) is 5.75 Å². The van der Waals surface area contributed by atoms with E-state index in [-0.39, 0.29) is 16.9 Å². The summed E-state index contributed by atoms with van der Waals surface area (Å²) in [5.41, 5.74) is 1.44. The number of ether oxygens (including phenoxy) is 1. The van der Waals surface area contributed by atoms with Gasteiger partial charge >= 0.3 is 0 Å². The average Bonchev–Trinajstić information content (AvgIpc) is 3.24. The largest absolute Gasteiger partial charge is 0.494 e. The zero-order chi connectivity index (χ0) is 18.7. The van der Waals surface area contributed by atoms with E-state index in [0.29, 0.717) is 22.8 Å². The summed E-state index contributed by atoms with van der Waals surface area (Å²) in [6.45, 7) is 6.17. The molecule has 3 aliphatic carbocycles. The predicted octanol–water partition coefficient (Wildman–Crippen LogP) is 3.80. The van der Waals surface area contributed by atoms with Gasteiger partial charge in [0.2, 0.25) is 11.9 Å². The number of benzene rings is 1. The second-order valence-corrected chi connectivity index (χ2v) is 8.65. The molecule has 136 valence electrons. The van der Waals surface area contributed by atoms with E-state index in [2.05, 4.69) is 37.1 Å². The number of amides is 1. The Hall–Kier alpha value is -2.55. The highest BCUT2D eigenvalue weighted by atomic mass is 16.5. The third-order valence-electron chi connectivity index (χ3n) is 5.84. The maximum Gasteiger partial charge on any atom is 0.232 e. The molecule has 1 aromatic carbocycles. The van der Waals surface area contributed by atoms with E-state index in [0.717, 1.165) is 37.1 Å². The highest BCUT2D eigenvalue weighted by molar-refractivity contribution is 5.97. The van der Waals surface area contributed by atoms with E-state index in [1.54, 1.807) is 19.2 Å². The van der Waals surface area contributed by atoms with E-state index in [1.807, 2.05) is 4.57 Å². The van der Waals surface area contributed by atoms with Crippen molar-refractivity contribution < 1.29 is 9.53 Å². The number of aromatic nitrogens is 2. The van der Waals surface area contributed by atoms with Gasteiger partial charge in [-0.1, -0.05) is 0 Å². The Labute approximate surface area is 153 Å². The van der Waals surface area contributed by atoms with Crippen LogP contribution in [0, 0.1) is 22.7 Å². The Kier molecular flexibility index (Phi) is 3.56. The molecule has 3 saturated carbocycles. The minimum absolute atomic E-state index is 0.0755. The minimum atomic E-state index is -0.314. The number of methoxy groups -OCH3 is 1. The van der Waals surface area contributed by atoms with Crippen molar-refractivity contribution in [2.45, 2.75) is 52.0 Å². The number of hydrogen-bond acceptors (Lipinski definition) is 4. The number of imidazole rings is 1. The zero-order valence-corrected chi connectivity index (χ0v) is 15.7. The quantitative estimate of drug-likeness (QED) is 0.911. The molecule has 1 heterocycles. The Morgan fingerprint density at radius 1 is 1.42 bits per heavy atom. The average molecular weight is 352 g/mol. The summed E-state index contributed by atoms with van der Waals surface area (Å²) < 4.78 is 7.44. The van der Waals surface area contributed by atoms with Crippen LogP contribution in [0.4, 0.5) is 5.95 Å². The summed E-state index contributed by atoms with van der Waals surface area (Å²) in [7, 11) is 1.57. The van der Waals surface area contributed by atoms with Gasteiger partial charge in [0.1, 0.15) is 11.3 Å². The van der Waals surface area contributed by atoms with E-state index >= 15 is 0 Å². The van der Waals surface area contributed by atoms with Gasteiger partial charge in [-0.3, -0.25) is 10.1 Å². The fourth-order valence-corrected chi connectivity index (χ4v) is 4.60. The Balaban J connectivity index is 1.83. The van der Waals surface area contributed by atoms with Crippen LogP contribution in [0.2, 0.25) is 0 Å². The van der Waals surface area contributed by atoms with Gasteiger partial charge in [0.05, 0.1) is 29.7 Å². The lowest BCUT2D eigenvalue weighted by Gasteiger charge is -2.37. The number of hydrogen-bond donors (Lipinski definition) is 1. The summed E-state index contributed by atoms with van der Waals surface area (Å²) in [6.07, 6.45) is 4.12. The number of carbonyl (C=O) groups is 1. The van der Waals surface area contributed by atoms with Crippen LogP contribution >= 0.6 is 0 Å². The summed E-state index contributed by atoms with van der Waals surface area (Å²) >= 11 is 0. The molecule has 6 heteroatoms. The lowest BCUT2D eigenvalue weighted by Crippen LogP contribution is -2.41. The number of anilines is 1. The molecule has 0 aliphatic heterocycles. The first-order chi connectivity index (χ1) is 12.3. The second kappa shape index (κ2) is 5.47. The van der Waals surface area contributed by atoms with Crippen LogP contribution in [0.15, 0.2) is 12.1 Å². The Morgan fingerprint density at radius 2 is 2.15 bits per heavy atom. The van der Waals surface area contributed by atoms with E-state index in [9.17, 15) is 10.1 Å². The van der Waals surface area contributed by atoms with Crippen LogP contribution in [0.1, 0.15) is 52.0 Å². The predicted molar refractivity (Wildman–Crippen MR) is 99.0 cm³/mol. The third-order valence-corrected chi connectivity index (χ3v) is 5.84. The molecule has 3 aliphatic rings. The lowest BCUT2D eigenvalue weighted by molar-refractivity contribution is -0.129. The van der Waals surface area contributed by atoms with Crippen LogP contribution in [0.25, 0.3) is 11.0 Å². The fourth-order valence-electron chi connectivity index (χ4n) is 4.60. The van der Waals surface area contributed by atoms with Gasteiger partial charge in [0.15, 0.2) is 0 Å². The number of nitriles is 1. The molecule has 0 saturated heterocycles. The molecule has 0 spiro atoms. The number of carbonyl (C=O) groups excluding carboxylic acids is 1. The molecule has 0 atom stereocenters. The number of rotatable bonds is 3. The maximum atomic E-state index is 13.0. The van der Waals surface area contributed by atoms with Crippen LogP contribution in [-0.4, -0.2) is 22.6 Å². The highest BCUT2D eigenvalue weighted by Crippen LogP contribution is 2.59. The van der Waals surface area contributed by atoms with Crippen molar-refractivity contribution in [1.82, 2.24) is 9.55 Å². The van der Waals surface area contributed by atoms with Gasteiger partial charge in [-0.05, 0) is 58.4 Å². The first kappa shape index (κ1) is 16.9. The second-order valence-electron chi connectivity index (χ2n) is 8.65. The van der Waals surface area contributed by atoms with Crippen LogP contribution in [0.3, 0.4) is 0 Å². The summed E-state index contributed by atoms with van der Waals surface area (Å²) in [5, 5.41) is 12.4. The number of nitrogens with zero attached hydrogens (tertiary/aromatic N) is 3. The lowest BCUT2D eigenvalue weighted by atomic mass is 9.69.